The molecule has 2 aromatic heterocycles. The highest BCUT2D eigenvalue weighted by Crippen LogP contribution is 2.18. The van der Waals surface area contributed by atoms with Gasteiger partial charge in [-0.05, 0) is 26.3 Å². The van der Waals surface area contributed by atoms with E-state index in [1.54, 1.807) is 35.1 Å². The molecule has 0 unspecified atom stereocenters. The molecule has 6 radical (unpaired) electrons. The fourth-order valence-electron chi connectivity index (χ4n) is 3.07. The lowest BCUT2D eigenvalue weighted by Gasteiger charge is -2.22. The molecule has 0 aliphatic heterocycles. The largest absolute Gasteiger partial charge is 0.348 e. The third-order valence-corrected chi connectivity index (χ3v) is 4.69. The lowest BCUT2D eigenvalue weighted by molar-refractivity contribution is -0.122. The monoisotopic (exact) mass is 383 g/mol. The van der Waals surface area contributed by atoms with Gasteiger partial charge >= 0.3 is 0 Å². The molecule has 0 saturated heterocycles. The molecule has 1 aromatic carbocycles. The molecule has 1 atom stereocenters. The van der Waals surface area contributed by atoms with E-state index in [9.17, 15) is 9.59 Å². The Morgan fingerprint density at radius 3 is 2.34 bits per heavy atom. The number of aromatic nitrogens is 4. The van der Waals surface area contributed by atoms with Crippen molar-refractivity contribution >= 4 is 40.3 Å². The molecule has 1 N–H and O–H groups in total. The van der Waals surface area contributed by atoms with E-state index in [1.807, 2.05) is 20.8 Å². The van der Waals surface area contributed by atoms with Crippen LogP contribution in [0.4, 0.5) is 0 Å². The minimum absolute atomic E-state index is 0.100. The van der Waals surface area contributed by atoms with Crippen LogP contribution in [0, 0.1) is 0 Å². The second-order valence-electron chi connectivity index (χ2n) is 7.43. The fourth-order valence-corrected chi connectivity index (χ4v) is 3.07. The zero-order valence-corrected chi connectivity index (χ0v) is 16.7. The van der Waals surface area contributed by atoms with Crippen LogP contribution in [0.25, 0.3) is 10.9 Å². The van der Waals surface area contributed by atoms with E-state index in [2.05, 4.69) is 15.5 Å². The Morgan fingerprint density at radius 2 is 1.76 bits per heavy atom. The maximum Gasteiger partial charge on any atom is 0.278 e. The molecule has 10 heteroatoms. The molecule has 2 heterocycles. The summed E-state index contributed by atoms with van der Waals surface area (Å²) < 4.78 is 2.85. The first kappa shape index (κ1) is 21.0. The number of benzene rings is 1. The molecule has 142 valence electrons. The molecule has 1 amide bonds. The van der Waals surface area contributed by atoms with E-state index >= 15 is 0 Å². The molecule has 0 saturated carbocycles. The van der Waals surface area contributed by atoms with Crippen molar-refractivity contribution in [3.05, 3.63) is 58.1 Å². The van der Waals surface area contributed by atoms with Crippen LogP contribution in [0.2, 0.25) is 0 Å². The molecule has 3 rings (SSSR count). The zero-order chi connectivity index (χ0) is 21.3. The summed E-state index contributed by atoms with van der Waals surface area (Å²) in [5.41, 5.74) is 1.71. The maximum atomic E-state index is 12.6. The SMILES string of the molecule is [B]C([B])([B])c1ccc([C@H](C)NC(=O)Cn2ncc3c(cnn3C(C)C)c2=O)cc1. The van der Waals surface area contributed by atoms with E-state index in [4.69, 9.17) is 23.5 Å². The molecular weight excluding hydrogens is 363 g/mol. The number of nitrogens with one attached hydrogen (secondary N) is 1. The molecule has 29 heavy (non-hydrogen) atoms. The second-order valence-corrected chi connectivity index (χ2v) is 7.43. The van der Waals surface area contributed by atoms with Crippen LogP contribution in [-0.4, -0.2) is 49.0 Å². The first-order valence-corrected chi connectivity index (χ1v) is 9.27. The van der Waals surface area contributed by atoms with Crippen LogP contribution in [0.15, 0.2) is 41.5 Å². The predicted octanol–water partition coefficient (Wildman–Crippen LogP) is 0.667. The van der Waals surface area contributed by atoms with Crippen molar-refractivity contribution in [2.75, 3.05) is 0 Å². The van der Waals surface area contributed by atoms with Gasteiger partial charge in [-0.15, -0.1) is 5.11 Å². The van der Waals surface area contributed by atoms with Crippen LogP contribution in [-0.2, 0) is 16.5 Å². The van der Waals surface area contributed by atoms with Gasteiger partial charge in [0.05, 0.1) is 52.9 Å². The zero-order valence-electron chi connectivity index (χ0n) is 16.7. The van der Waals surface area contributed by atoms with E-state index in [0.29, 0.717) is 16.5 Å². The summed E-state index contributed by atoms with van der Waals surface area (Å²) in [6, 6.07) is 6.82. The molecule has 7 nitrogen and oxygen atoms in total. The van der Waals surface area contributed by atoms with Gasteiger partial charge in [-0.2, -0.15) is 10.2 Å². The third-order valence-electron chi connectivity index (χ3n) is 4.69. The smallest absolute Gasteiger partial charge is 0.278 e. The summed E-state index contributed by atoms with van der Waals surface area (Å²) in [5, 5.41) is 10.2. The second kappa shape index (κ2) is 7.93. The number of hydrogen-bond acceptors (Lipinski definition) is 4. The van der Waals surface area contributed by atoms with Crippen molar-refractivity contribution < 1.29 is 4.79 Å². The average molecular weight is 383 g/mol. The van der Waals surface area contributed by atoms with Gasteiger partial charge in [-0.1, -0.05) is 29.8 Å². The Balaban J connectivity index is 1.72. The summed E-state index contributed by atoms with van der Waals surface area (Å²) in [7, 11) is 17.0. The summed E-state index contributed by atoms with van der Waals surface area (Å²) in [4.78, 5) is 25.1. The molecule has 0 fully saturated rings. The molecule has 0 bridgehead atoms. The lowest BCUT2D eigenvalue weighted by atomic mass is 9.40. The molecule has 0 aliphatic carbocycles. The number of amides is 1. The highest BCUT2D eigenvalue weighted by Gasteiger charge is 2.16. The van der Waals surface area contributed by atoms with Gasteiger partial charge in [-0.25, -0.2) is 4.68 Å². The Morgan fingerprint density at radius 1 is 1.10 bits per heavy atom. The molecule has 0 spiro atoms. The van der Waals surface area contributed by atoms with Gasteiger partial charge in [-0.3, -0.25) is 14.3 Å². The van der Waals surface area contributed by atoms with Crippen molar-refractivity contribution in [2.45, 2.75) is 44.5 Å². The summed E-state index contributed by atoms with van der Waals surface area (Å²) >= 11 is 0. The van der Waals surface area contributed by atoms with Gasteiger partial charge in [0.2, 0.25) is 5.91 Å². The van der Waals surface area contributed by atoms with E-state index < -0.39 is 5.11 Å². The predicted molar refractivity (Wildman–Crippen MR) is 114 cm³/mol. The number of rotatable bonds is 6. The maximum absolute atomic E-state index is 12.6. The van der Waals surface area contributed by atoms with Gasteiger partial charge < -0.3 is 5.32 Å². The van der Waals surface area contributed by atoms with Gasteiger partial charge in [0.15, 0.2) is 0 Å². The van der Waals surface area contributed by atoms with Gasteiger partial charge in [0.1, 0.15) is 6.54 Å². The topological polar surface area (TPSA) is 81.8 Å². The standard InChI is InChI=1S/C19H20B3N5O2/c1-11(2)27-16-9-23-26(18(29)15(16)8-24-27)10-17(28)25-12(3)13-4-6-14(7-5-13)19(20,21)22/h4-9,11-12H,10H2,1-3H3,(H,25,28)/t12-/m0/s1. The Kier molecular flexibility index (Phi) is 5.73. The normalized spacial score (nSPS) is 13.0. The molecular formula is C19H20B3N5O2. The number of carbonyl (C=O) groups is 1. The van der Waals surface area contributed by atoms with Gasteiger partial charge in [0.25, 0.3) is 5.56 Å². The average Bonchev–Trinajstić information content (AvgIpc) is 3.08. The van der Waals surface area contributed by atoms with E-state index in [1.165, 1.54) is 6.20 Å². The summed E-state index contributed by atoms with van der Waals surface area (Å²) in [5.74, 6) is -0.336. The van der Waals surface area contributed by atoms with Gasteiger partial charge in [0, 0.05) is 6.04 Å². The van der Waals surface area contributed by atoms with Crippen LogP contribution < -0.4 is 10.9 Å². The Hall–Kier alpha value is -2.77. The molecule has 0 aliphatic rings. The van der Waals surface area contributed by atoms with Crippen LogP contribution in [0.5, 0.6) is 0 Å². The van der Waals surface area contributed by atoms with Crippen molar-refractivity contribution in [3.63, 3.8) is 0 Å². The highest BCUT2D eigenvalue weighted by atomic mass is 16.2. The highest BCUT2D eigenvalue weighted by molar-refractivity contribution is 6.58. The number of nitrogens with zero attached hydrogens (tertiary/aromatic N) is 4. The first-order chi connectivity index (χ1) is 13.6. The Labute approximate surface area is 173 Å². The van der Waals surface area contributed by atoms with Crippen LogP contribution in [0.3, 0.4) is 0 Å². The van der Waals surface area contributed by atoms with Crippen LogP contribution >= 0.6 is 0 Å². The van der Waals surface area contributed by atoms with Crippen molar-refractivity contribution in [2.24, 2.45) is 0 Å². The van der Waals surface area contributed by atoms with Crippen molar-refractivity contribution in [1.29, 1.82) is 0 Å². The first-order valence-electron chi connectivity index (χ1n) is 9.27. The Bertz CT molecular complexity index is 1080. The minimum Gasteiger partial charge on any atom is -0.348 e. The van der Waals surface area contributed by atoms with E-state index in [0.717, 1.165) is 10.2 Å². The number of hydrogen-bond donors (Lipinski definition) is 1. The molecule has 3 aromatic rings. The van der Waals surface area contributed by atoms with E-state index in [-0.39, 0.29) is 30.1 Å². The van der Waals surface area contributed by atoms with Crippen LogP contribution in [0.1, 0.15) is 44.0 Å². The lowest BCUT2D eigenvalue weighted by Crippen LogP contribution is -2.35. The number of carbonyl (C=O) groups excluding carboxylic acids is 1. The number of fused-ring (bicyclic) bond motifs is 1. The van der Waals surface area contributed by atoms with Crippen molar-refractivity contribution in [1.82, 2.24) is 24.9 Å². The quantitative estimate of drug-likeness (QED) is 0.635. The third kappa shape index (κ3) is 4.47. The summed E-state index contributed by atoms with van der Waals surface area (Å²) in [6.07, 6.45) is 3.06. The van der Waals surface area contributed by atoms with Crippen molar-refractivity contribution in [3.8, 4) is 0 Å². The fraction of sp³-hybridized carbons (Fsp3) is 0.368. The summed E-state index contributed by atoms with van der Waals surface area (Å²) in [6.45, 7) is 5.57. The minimum atomic E-state index is -1.42.